The molecule has 0 spiro atoms. The van der Waals surface area contributed by atoms with Crippen LogP contribution >= 0.6 is 0 Å². The van der Waals surface area contributed by atoms with Crippen molar-refractivity contribution in [3.8, 4) is 5.69 Å². The van der Waals surface area contributed by atoms with Gasteiger partial charge in [0.15, 0.2) is 0 Å². The van der Waals surface area contributed by atoms with Crippen LogP contribution < -0.4 is 10.6 Å². The number of aromatic nitrogens is 2. The van der Waals surface area contributed by atoms with Crippen molar-refractivity contribution >= 4 is 11.8 Å². The van der Waals surface area contributed by atoms with E-state index in [2.05, 4.69) is 15.7 Å². The molecular weight excluding hydrogens is 292 g/mol. The Hall–Kier alpha value is -2.63. The Balaban J connectivity index is 2.00. The molecule has 2 rings (SSSR count). The van der Waals surface area contributed by atoms with E-state index in [-0.39, 0.29) is 11.8 Å². The summed E-state index contributed by atoms with van der Waals surface area (Å²) in [6, 6.07) is 8.46. The van der Waals surface area contributed by atoms with Gasteiger partial charge >= 0.3 is 0 Å². The molecule has 0 unspecified atom stereocenters. The van der Waals surface area contributed by atoms with Crippen molar-refractivity contribution < 1.29 is 9.59 Å². The molecule has 1 atom stereocenters. The molecule has 0 radical (unpaired) electrons. The van der Waals surface area contributed by atoms with Crippen LogP contribution in [0.2, 0.25) is 0 Å². The first-order valence-electron chi connectivity index (χ1n) is 7.72. The van der Waals surface area contributed by atoms with Gasteiger partial charge in [-0.1, -0.05) is 6.92 Å². The molecule has 1 aromatic heterocycles. The Morgan fingerprint density at radius 3 is 2.48 bits per heavy atom. The van der Waals surface area contributed by atoms with Crippen molar-refractivity contribution in [1.29, 1.82) is 0 Å². The van der Waals surface area contributed by atoms with Gasteiger partial charge < -0.3 is 10.6 Å². The molecule has 1 aromatic carbocycles. The van der Waals surface area contributed by atoms with Gasteiger partial charge in [-0.05, 0) is 50.6 Å². The fourth-order valence-electron chi connectivity index (χ4n) is 2.14. The summed E-state index contributed by atoms with van der Waals surface area (Å²) in [4.78, 5) is 24.0. The summed E-state index contributed by atoms with van der Waals surface area (Å²) in [7, 11) is 0. The first kappa shape index (κ1) is 16.7. The zero-order chi connectivity index (χ0) is 16.8. The lowest BCUT2D eigenvalue weighted by atomic mass is 10.1. The number of amides is 2. The van der Waals surface area contributed by atoms with Gasteiger partial charge in [0.05, 0.1) is 5.69 Å². The van der Waals surface area contributed by atoms with Crippen molar-refractivity contribution in [3.63, 3.8) is 0 Å². The Kier molecular flexibility index (Phi) is 5.51. The van der Waals surface area contributed by atoms with Crippen molar-refractivity contribution in [2.24, 2.45) is 0 Å². The van der Waals surface area contributed by atoms with Gasteiger partial charge in [0.1, 0.15) is 6.04 Å². The second-order valence-electron chi connectivity index (χ2n) is 5.42. The molecule has 0 fully saturated rings. The largest absolute Gasteiger partial charge is 0.354 e. The van der Waals surface area contributed by atoms with Crippen molar-refractivity contribution in [1.82, 2.24) is 20.4 Å². The number of hydrogen-bond acceptors (Lipinski definition) is 3. The summed E-state index contributed by atoms with van der Waals surface area (Å²) in [6.45, 7) is 6.22. The van der Waals surface area contributed by atoms with Crippen LogP contribution in [0.1, 0.15) is 36.3 Å². The Morgan fingerprint density at radius 2 is 1.91 bits per heavy atom. The third-order valence-corrected chi connectivity index (χ3v) is 3.50. The van der Waals surface area contributed by atoms with E-state index in [1.54, 1.807) is 29.9 Å². The second-order valence-corrected chi connectivity index (χ2v) is 5.42. The molecule has 0 bridgehead atoms. The molecule has 0 aliphatic carbocycles. The van der Waals surface area contributed by atoms with Crippen LogP contribution in [-0.4, -0.2) is 34.2 Å². The topological polar surface area (TPSA) is 76.0 Å². The Bertz CT molecular complexity index is 676. The molecular formula is C17H22N4O2. The van der Waals surface area contributed by atoms with Crippen LogP contribution in [0, 0.1) is 6.92 Å². The number of carbonyl (C=O) groups is 2. The minimum atomic E-state index is -0.568. The van der Waals surface area contributed by atoms with E-state index in [4.69, 9.17) is 0 Å². The first-order chi connectivity index (χ1) is 11.0. The van der Waals surface area contributed by atoms with Gasteiger partial charge in [0, 0.05) is 24.0 Å². The van der Waals surface area contributed by atoms with Crippen LogP contribution in [0.5, 0.6) is 0 Å². The van der Waals surface area contributed by atoms with Crippen LogP contribution in [0.15, 0.2) is 36.5 Å². The summed E-state index contributed by atoms with van der Waals surface area (Å²) >= 11 is 0. The summed E-state index contributed by atoms with van der Waals surface area (Å²) in [5.41, 5.74) is 2.41. The van der Waals surface area contributed by atoms with E-state index in [1.807, 2.05) is 32.0 Å². The lowest BCUT2D eigenvalue weighted by Gasteiger charge is -2.14. The number of aryl methyl sites for hydroxylation is 1. The van der Waals surface area contributed by atoms with Crippen LogP contribution in [0.3, 0.4) is 0 Å². The molecule has 0 aliphatic rings. The zero-order valence-corrected chi connectivity index (χ0v) is 13.7. The Labute approximate surface area is 135 Å². The maximum absolute atomic E-state index is 12.2. The predicted molar refractivity (Wildman–Crippen MR) is 88.5 cm³/mol. The summed E-state index contributed by atoms with van der Waals surface area (Å²) in [6.07, 6.45) is 2.59. The molecule has 0 saturated heterocycles. The standard InChI is InChI=1S/C17H22N4O2/c1-4-10-18-16(22)13(3)20-17(23)14-5-7-15(8-6-14)21-12(2)9-11-19-21/h5-9,11,13H,4,10H2,1-3H3,(H,18,22)(H,20,23)/t13-/m0/s1. The third-order valence-electron chi connectivity index (χ3n) is 3.50. The molecule has 23 heavy (non-hydrogen) atoms. The second kappa shape index (κ2) is 7.58. The number of nitrogens with one attached hydrogen (secondary N) is 2. The first-order valence-corrected chi connectivity index (χ1v) is 7.72. The maximum atomic E-state index is 12.2. The lowest BCUT2D eigenvalue weighted by Crippen LogP contribution is -2.45. The van der Waals surface area contributed by atoms with Gasteiger partial charge in [0.25, 0.3) is 5.91 Å². The Morgan fingerprint density at radius 1 is 1.22 bits per heavy atom. The van der Waals surface area contributed by atoms with E-state index in [0.717, 1.165) is 17.8 Å². The number of benzene rings is 1. The minimum Gasteiger partial charge on any atom is -0.354 e. The van der Waals surface area contributed by atoms with Crippen molar-refractivity contribution in [2.45, 2.75) is 33.2 Å². The fraction of sp³-hybridized carbons (Fsp3) is 0.353. The van der Waals surface area contributed by atoms with Crippen LogP contribution in [-0.2, 0) is 4.79 Å². The molecule has 2 N–H and O–H groups in total. The lowest BCUT2D eigenvalue weighted by molar-refractivity contribution is -0.122. The highest BCUT2D eigenvalue weighted by atomic mass is 16.2. The molecule has 6 nitrogen and oxygen atoms in total. The summed E-state index contributed by atoms with van der Waals surface area (Å²) in [5, 5.41) is 9.68. The normalized spacial score (nSPS) is 11.8. The predicted octanol–water partition coefficient (Wildman–Crippen LogP) is 1.83. The number of carbonyl (C=O) groups excluding carboxylic acids is 2. The molecule has 1 heterocycles. The van der Waals surface area contributed by atoms with Gasteiger partial charge in [0.2, 0.25) is 5.91 Å². The summed E-state index contributed by atoms with van der Waals surface area (Å²) in [5.74, 6) is -0.447. The highest BCUT2D eigenvalue weighted by molar-refractivity contribution is 5.97. The SMILES string of the molecule is CCCNC(=O)[C@H](C)NC(=O)c1ccc(-n2nccc2C)cc1. The summed E-state index contributed by atoms with van der Waals surface area (Å²) < 4.78 is 1.79. The van der Waals surface area contributed by atoms with Crippen LogP contribution in [0.4, 0.5) is 0 Å². The average molecular weight is 314 g/mol. The van der Waals surface area contributed by atoms with Gasteiger partial charge in [-0.3, -0.25) is 9.59 Å². The smallest absolute Gasteiger partial charge is 0.251 e. The van der Waals surface area contributed by atoms with E-state index >= 15 is 0 Å². The maximum Gasteiger partial charge on any atom is 0.251 e. The highest BCUT2D eigenvalue weighted by Gasteiger charge is 2.16. The average Bonchev–Trinajstić information content (AvgIpc) is 2.98. The zero-order valence-electron chi connectivity index (χ0n) is 13.7. The molecule has 122 valence electrons. The number of rotatable bonds is 6. The molecule has 0 saturated carbocycles. The number of hydrogen-bond donors (Lipinski definition) is 2. The molecule has 0 aliphatic heterocycles. The molecule has 2 amide bonds. The van der Waals surface area contributed by atoms with Gasteiger partial charge in [-0.2, -0.15) is 5.10 Å². The minimum absolute atomic E-state index is 0.177. The van der Waals surface area contributed by atoms with E-state index in [0.29, 0.717) is 12.1 Å². The van der Waals surface area contributed by atoms with Gasteiger partial charge in [-0.25, -0.2) is 4.68 Å². The van der Waals surface area contributed by atoms with E-state index < -0.39 is 6.04 Å². The van der Waals surface area contributed by atoms with Gasteiger partial charge in [-0.15, -0.1) is 0 Å². The van der Waals surface area contributed by atoms with Crippen LogP contribution in [0.25, 0.3) is 5.69 Å². The molecule has 2 aromatic rings. The molecule has 6 heteroatoms. The third kappa shape index (κ3) is 4.18. The van der Waals surface area contributed by atoms with E-state index in [1.165, 1.54) is 0 Å². The number of nitrogens with zero attached hydrogens (tertiary/aromatic N) is 2. The van der Waals surface area contributed by atoms with E-state index in [9.17, 15) is 9.59 Å². The fourth-order valence-corrected chi connectivity index (χ4v) is 2.14. The quantitative estimate of drug-likeness (QED) is 0.854. The monoisotopic (exact) mass is 314 g/mol. The highest BCUT2D eigenvalue weighted by Crippen LogP contribution is 2.11. The van der Waals surface area contributed by atoms with Crippen molar-refractivity contribution in [2.75, 3.05) is 6.54 Å². The van der Waals surface area contributed by atoms with Crippen molar-refractivity contribution in [3.05, 3.63) is 47.8 Å².